The van der Waals surface area contributed by atoms with Crippen molar-refractivity contribution in [3.8, 4) is 11.4 Å². The number of carboxylic acids is 1. The first kappa shape index (κ1) is 23.8. The maximum atomic E-state index is 12.7. The highest BCUT2D eigenvalue weighted by Crippen LogP contribution is 2.36. The van der Waals surface area contributed by atoms with E-state index in [0.717, 1.165) is 36.2 Å². The summed E-state index contributed by atoms with van der Waals surface area (Å²) in [5.41, 5.74) is 5.83. The van der Waals surface area contributed by atoms with Crippen molar-refractivity contribution >= 4 is 22.9 Å². The molecular weight excluding hydrogens is 450 g/mol. The number of benzene rings is 3. The zero-order valence-corrected chi connectivity index (χ0v) is 20.5. The van der Waals surface area contributed by atoms with Crippen molar-refractivity contribution in [1.29, 1.82) is 0 Å². The lowest BCUT2D eigenvalue weighted by Gasteiger charge is -2.25. The Morgan fingerprint density at radius 3 is 2.33 bits per heavy atom. The van der Waals surface area contributed by atoms with Crippen molar-refractivity contribution < 1.29 is 14.7 Å². The molecule has 1 aliphatic carbocycles. The lowest BCUT2D eigenvalue weighted by molar-refractivity contribution is 0.0696. The van der Waals surface area contributed by atoms with Crippen LogP contribution in [0.5, 0.6) is 0 Å². The van der Waals surface area contributed by atoms with Crippen LogP contribution in [0.4, 0.5) is 0 Å². The molecule has 4 aromatic rings. The number of aromatic nitrogens is 2. The molecule has 184 valence electrons. The van der Waals surface area contributed by atoms with E-state index in [1.165, 1.54) is 30.4 Å². The minimum Gasteiger partial charge on any atom is -0.478 e. The Morgan fingerprint density at radius 1 is 0.944 bits per heavy atom. The average molecular weight is 482 g/mol. The summed E-state index contributed by atoms with van der Waals surface area (Å²) in [4.78, 5) is 29.1. The number of carbonyl (C=O) groups excluding carboxylic acids is 1. The van der Waals surface area contributed by atoms with Gasteiger partial charge in [0.2, 0.25) is 0 Å². The highest BCUT2D eigenvalue weighted by molar-refractivity contribution is 5.95. The van der Waals surface area contributed by atoms with Crippen molar-refractivity contribution in [2.75, 3.05) is 6.54 Å². The van der Waals surface area contributed by atoms with Gasteiger partial charge in [0.25, 0.3) is 5.91 Å². The highest BCUT2D eigenvalue weighted by Gasteiger charge is 2.23. The number of carbonyl (C=O) groups is 2. The molecular formula is C30H31N3O3. The number of hydrogen-bond acceptors (Lipinski definition) is 3. The van der Waals surface area contributed by atoms with Crippen LogP contribution in [0, 0.1) is 6.92 Å². The molecule has 0 bridgehead atoms. The van der Waals surface area contributed by atoms with Crippen LogP contribution >= 0.6 is 0 Å². The quantitative estimate of drug-likeness (QED) is 0.330. The number of aromatic carboxylic acids is 1. The number of hydrogen-bond donors (Lipinski definition) is 2. The number of nitrogens with one attached hydrogen (secondary N) is 1. The number of carboxylic acid groups (broad SMARTS) is 1. The van der Waals surface area contributed by atoms with E-state index in [1.807, 2.05) is 30.3 Å². The number of aryl methyl sites for hydroxylation is 1. The fraction of sp³-hybridized carbons (Fsp3) is 0.300. The average Bonchev–Trinajstić information content (AvgIpc) is 3.29. The van der Waals surface area contributed by atoms with E-state index >= 15 is 0 Å². The predicted octanol–water partition coefficient (Wildman–Crippen LogP) is 6.19. The smallest absolute Gasteiger partial charge is 0.335 e. The summed E-state index contributed by atoms with van der Waals surface area (Å²) >= 11 is 0. The van der Waals surface area contributed by atoms with Gasteiger partial charge in [-0.05, 0) is 62.1 Å². The Balaban J connectivity index is 1.37. The third kappa shape index (κ3) is 5.03. The summed E-state index contributed by atoms with van der Waals surface area (Å²) in [6.45, 7) is 2.64. The number of fused-ring (bicyclic) bond motifs is 1. The number of amides is 1. The minimum atomic E-state index is -0.955. The lowest BCUT2D eigenvalue weighted by Crippen LogP contribution is -2.25. The van der Waals surface area contributed by atoms with Crippen molar-refractivity contribution in [3.05, 3.63) is 89.0 Å². The Morgan fingerprint density at radius 2 is 1.64 bits per heavy atom. The standard InChI is InChI=1S/C30H31N3O3/c1-20-7-9-21(10-8-20)17-18-31-29(34)23-13-11-22(12-14-23)28-32-26-19-24(30(35)36)15-16-27(26)33(28)25-5-3-2-4-6-25/h7-16,19,25H,2-6,17-18H2,1H3,(H,31,34)(H,35,36). The van der Waals surface area contributed by atoms with Crippen molar-refractivity contribution in [1.82, 2.24) is 14.9 Å². The highest BCUT2D eigenvalue weighted by atomic mass is 16.4. The summed E-state index contributed by atoms with van der Waals surface area (Å²) < 4.78 is 2.27. The zero-order valence-electron chi connectivity index (χ0n) is 20.5. The second-order valence-electron chi connectivity index (χ2n) is 9.67. The number of nitrogens with zero attached hydrogens (tertiary/aromatic N) is 2. The van der Waals surface area contributed by atoms with Crippen molar-refractivity contribution in [2.24, 2.45) is 0 Å². The largest absolute Gasteiger partial charge is 0.478 e. The molecule has 0 radical (unpaired) electrons. The molecule has 0 aliphatic heterocycles. The molecule has 2 N–H and O–H groups in total. The number of rotatable bonds is 7. The summed E-state index contributed by atoms with van der Waals surface area (Å²) in [6, 6.07) is 21.4. The molecule has 3 aromatic carbocycles. The van der Waals surface area contributed by atoms with E-state index in [1.54, 1.807) is 12.1 Å². The molecule has 0 unspecified atom stereocenters. The molecule has 0 saturated heterocycles. The van der Waals surface area contributed by atoms with Gasteiger partial charge in [0, 0.05) is 23.7 Å². The Hall–Kier alpha value is -3.93. The van der Waals surface area contributed by atoms with Crippen LogP contribution in [0.15, 0.2) is 66.7 Å². The van der Waals surface area contributed by atoms with E-state index in [4.69, 9.17) is 4.98 Å². The molecule has 1 aromatic heterocycles. The molecule has 5 rings (SSSR count). The first-order valence-electron chi connectivity index (χ1n) is 12.7. The number of imidazole rings is 1. The molecule has 36 heavy (non-hydrogen) atoms. The van der Waals surface area contributed by atoms with Gasteiger partial charge in [-0.2, -0.15) is 0 Å². The molecule has 1 aliphatic rings. The first-order chi connectivity index (χ1) is 17.5. The second-order valence-corrected chi connectivity index (χ2v) is 9.67. The van der Waals surface area contributed by atoms with Gasteiger partial charge in [0.1, 0.15) is 5.82 Å². The predicted molar refractivity (Wildman–Crippen MR) is 141 cm³/mol. The molecule has 1 amide bonds. The van der Waals surface area contributed by atoms with Gasteiger partial charge in [0.15, 0.2) is 0 Å². The van der Waals surface area contributed by atoms with Gasteiger partial charge in [-0.15, -0.1) is 0 Å². The van der Waals surface area contributed by atoms with E-state index in [-0.39, 0.29) is 11.5 Å². The lowest BCUT2D eigenvalue weighted by atomic mass is 9.94. The van der Waals surface area contributed by atoms with Crippen molar-refractivity contribution in [2.45, 2.75) is 51.5 Å². The monoisotopic (exact) mass is 481 g/mol. The Bertz CT molecular complexity index is 1380. The maximum absolute atomic E-state index is 12.7. The van der Waals surface area contributed by atoms with Crippen LogP contribution in [-0.4, -0.2) is 33.1 Å². The zero-order chi connectivity index (χ0) is 25.1. The van der Waals surface area contributed by atoms with Gasteiger partial charge in [-0.1, -0.05) is 61.2 Å². The van der Waals surface area contributed by atoms with Gasteiger partial charge >= 0.3 is 5.97 Å². The van der Waals surface area contributed by atoms with Gasteiger partial charge < -0.3 is 15.0 Å². The normalized spacial score (nSPS) is 14.1. The second kappa shape index (κ2) is 10.4. The third-order valence-electron chi connectivity index (χ3n) is 7.10. The van der Waals surface area contributed by atoms with Crippen LogP contribution in [0.3, 0.4) is 0 Å². The summed E-state index contributed by atoms with van der Waals surface area (Å²) in [6.07, 6.45) is 6.56. The minimum absolute atomic E-state index is 0.0967. The molecule has 0 spiro atoms. The molecule has 0 atom stereocenters. The molecule has 1 fully saturated rings. The molecule has 6 heteroatoms. The SMILES string of the molecule is Cc1ccc(CCNC(=O)c2ccc(-c3nc4cc(C(=O)O)ccc4n3C3CCCCC3)cc2)cc1. The van der Waals surface area contributed by atoms with E-state index in [2.05, 4.69) is 41.1 Å². The van der Waals surface area contributed by atoms with Gasteiger partial charge in [0.05, 0.1) is 16.6 Å². The van der Waals surface area contributed by atoms with Crippen LogP contribution in [0.1, 0.15) is 70.0 Å². The summed E-state index contributed by atoms with van der Waals surface area (Å²) in [5.74, 6) is -0.227. The van der Waals surface area contributed by atoms with Crippen LogP contribution < -0.4 is 5.32 Å². The van der Waals surface area contributed by atoms with E-state index in [0.29, 0.717) is 23.7 Å². The van der Waals surface area contributed by atoms with E-state index in [9.17, 15) is 14.7 Å². The van der Waals surface area contributed by atoms with Gasteiger partial charge in [-0.3, -0.25) is 4.79 Å². The summed E-state index contributed by atoms with van der Waals surface area (Å²) in [7, 11) is 0. The molecule has 1 heterocycles. The van der Waals surface area contributed by atoms with Crippen LogP contribution in [0.25, 0.3) is 22.4 Å². The fourth-order valence-corrected chi connectivity index (χ4v) is 5.09. The van der Waals surface area contributed by atoms with Crippen molar-refractivity contribution in [3.63, 3.8) is 0 Å². The third-order valence-corrected chi connectivity index (χ3v) is 7.10. The van der Waals surface area contributed by atoms with Crippen LogP contribution in [-0.2, 0) is 6.42 Å². The van der Waals surface area contributed by atoms with Gasteiger partial charge in [-0.25, -0.2) is 9.78 Å². The van der Waals surface area contributed by atoms with Crippen LogP contribution in [0.2, 0.25) is 0 Å². The Kier molecular flexibility index (Phi) is 6.85. The maximum Gasteiger partial charge on any atom is 0.335 e. The fourth-order valence-electron chi connectivity index (χ4n) is 5.09. The van der Waals surface area contributed by atoms with E-state index < -0.39 is 5.97 Å². The summed E-state index contributed by atoms with van der Waals surface area (Å²) in [5, 5.41) is 12.4. The molecule has 6 nitrogen and oxygen atoms in total. The Labute approximate surface area is 211 Å². The molecule has 1 saturated carbocycles. The first-order valence-corrected chi connectivity index (χ1v) is 12.7. The topological polar surface area (TPSA) is 84.2 Å².